The zero-order chi connectivity index (χ0) is 13.3. The Hall–Kier alpha value is -1.01. The van der Waals surface area contributed by atoms with Crippen molar-refractivity contribution >= 4 is 15.9 Å². The maximum Gasteiger partial charge on any atom is 0.264 e. The Morgan fingerprint density at radius 2 is 2.28 bits per heavy atom. The van der Waals surface area contributed by atoms with Gasteiger partial charge in [-0.1, -0.05) is 6.58 Å². The molecule has 3 nitrogen and oxygen atoms in total. The van der Waals surface area contributed by atoms with Gasteiger partial charge in [0, 0.05) is 19.1 Å². The Bertz CT molecular complexity index is 481. The first-order chi connectivity index (χ1) is 8.47. The van der Waals surface area contributed by atoms with Gasteiger partial charge in [0.2, 0.25) is 0 Å². The highest BCUT2D eigenvalue weighted by Crippen LogP contribution is 2.39. The minimum atomic E-state index is -2.55. The quantitative estimate of drug-likeness (QED) is 0.798. The van der Waals surface area contributed by atoms with Crippen LogP contribution in [0.15, 0.2) is 29.1 Å². The Morgan fingerprint density at radius 1 is 1.56 bits per heavy atom. The van der Waals surface area contributed by atoms with Crippen molar-refractivity contribution in [1.29, 1.82) is 0 Å². The van der Waals surface area contributed by atoms with E-state index in [0.29, 0.717) is 22.5 Å². The fourth-order valence-corrected chi connectivity index (χ4v) is 2.37. The van der Waals surface area contributed by atoms with E-state index in [4.69, 9.17) is 9.47 Å². The van der Waals surface area contributed by atoms with Gasteiger partial charge in [-0.05, 0) is 28.1 Å². The Balaban J connectivity index is 2.46. The van der Waals surface area contributed by atoms with Crippen LogP contribution in [0.4, 0.5) is 8.78 Å². The Morgan fingerprint density at radius 3 is 2.78 bits per heavy atom. The van der Waals surface area contributed by atoms with Crippen molar-refractivity contribution in [2.45, 2.75) is 18.4 Å². The first-order valence-electron chi connectivity index (χ1n) is 5.29. The maximum absolute atomic E-state index is 12.8. The smallest absolute Gasteiger partial charge is 0.264 e. The second kappa shape index (κ2) is 4.93. The largest absolute Gasteiger partial charge is 0.495 e. The van der Waals surface area contributed by atoms with Crippen molar-refractivity contribution in [3.63, 3.8) is 0 Å². The standard InChI is InChI=1S/C12H12BrF2NO2/c1-7-5-12(17-2,6-18-7)9-3-8(11(14)15)4-10(13)16-9/h3-4,11H,1,5-6H2,2H3/t12-/m0/s1. The number of aromatic nitrogens is 1. The van der Waals surface area contributed by atoms with Crippen LogP contribution in [-0.2, 0) is 15.1 Å². The van der Waals surface area contributed by atoms with E-state index in [0.717, 1.165) is 0 Å². The Kier molecular flexibility index (Phi) is 3.68. The zero-order valence-electron chi connectivity index (χ0n) is 9.75. The number of alkyl halides is 2. The minimum absolute atomic E-state index is 0.0965. The molecule has 98 valence electrons. The molecule has 0 radical (unpaired) electrons. The number of methoxy groups -OCH3 is 1. The first-order valence-corrected chi connectivity index (χ1v) is 6.08. The lowest BCUT2D eigenvalue weighted by atomic mass is 9.96. The summed E-state index contributed by atoms with van der Waals surface area (Å²) in [7, 11) is 1.51. The monoisotopic (exact) mass is 319 g/mol. The highest BCUT2D eigenvalue weighted by atomic mass is 79.9. The molecule has 0 saturated carbocycles. The van der Waals surface area contributed by atoms with Crippen molar-refractivity contribution in [1.82, 2.24) is 4.98 Å². The van der Waals surface area contributed by atoms with Crippen LogP contribution in [0.1, 0.15) is 24.1 Å². The summed E-state index contributed by atoms with van der Waals surface area (Å²) >= 11 is 3.13. The zero-order valence-corrected chi connectivity index (χ0v) is 11.3. The highest BCUT2D eigenvalue weighted by Gasteiger charge is 2.41. The maximum atomic E-state index is 12.8. The van der Waals surface area contributed by atoms with Gasteiger partial charge in [0.1, 0.15) is 11.2 Å². The van der Waals surface area contributed by atoms with Gasteiger partial charge < -0.3 is 9.47 Å². The summed E-state index contributed by atoms with van der Waals surface area (Å²) in [5.41, 5.74) is -0.501. The van der Waals surface area contributed by atoms with Gasteiger partial charge in [0.05, 0.1) is 11.5 Å². The van der Waals surface area contributed by atoms with Gasteiger partial charge in [-0.3, -0.25) is 0 Å². The van der Waals surface area contributed by atoms with Gasteiger partial charge in [0.15, 0.2) is 5.60 Å². The van der Waals surface area contributed by atoms with E-state index in [9.17, 15) is 8.78 Å². The van der Waals surface area contributed by atoms with Crippen LogP contribution in [0.25, 0.3) is 0 Å². The van der Waals surface area contributed by atoms with Gasteiger partial charge in [-0.2, -0.15) is 0 Å². The van der Waals surface area contributed by atoms with Crippen LogP contribution < -0.4 is 0 Å². The molecular formula is C12H12BrF2NO2. The lowest BCUT2D eigenvalue weighted by Crippen LogP contribution is -2.30. The van der Waals surface area contributed by atoms with Gasteiger partial charge >= 0.3 is 0 Å². The van der Waals surface area contributed by atoms with Crippen molar-refractivity contribution < 1.29 is 18.3 Å². The van der Waals surface area contributed by atoms with Gasteiger partial charge in [-0.25, -0.2) is 13.8 Å². The van der Waals surface area contributed by atoms with E-state index >= 15 is 0 Å². The van der Waals surface area contributed by atoms with Gasteiger partial charge in [0.25, 0.3) is 6.43 Å². The molecule has 0 aromatic carbocycles. The molecule has 0 N–H and O–H groups in total. The number of hydrogen-bond acceptors (Lipinski definition) is 3. The van der Waals surface area contributed by atoms with Crippen LogP contribution in [0.3, 0.4) is 0 Å². The number of ether oxygens (including phenoxy) is 2. The molecule has 2 rings (SSSR count). The van der Waals surface area contributed by atoms with E-state index in [2.05, 4.69) is 27.5 Å². The molecule has 0 unspecified atom stereocenters. The van der Waals surface area contributed by atoms with Crippen molar-refractivity contribution in [3.05, 3.63) is 40.3 Å². The SMILES string of the molecule is C=C1C[C@@](OC)(c2cc(C(F)F)cc(Br)n2)CO1. The second-order valence-electron chi connectivity index (χ2n) is 4.11. The second-order valence-corrected chi connectivity index (χ2v) is 4.92. The highest BCUT2D eigenvalue weighted by molar-refractivity contribution is 9.10. The number of halogens is 3. The van der Waals surface area contributed by atoms with E-state index in [1.54, 1.807) is 0 Å². The molecule has 1 saturated heterocycles. The van der Waals surface area contributed by atoms with Crippen molar-refractivity contribution in [2.24, 2.45) is 0 Å². The molecule has 0 amide bonds. The topological polar surface area (TPSA) is 31.4 Å². The predicted octanol–water partition coefficient (Wildman–Crippen LogP) is 3.56. The molecule has 1 aliphatic heterocycles. The molecule has 1 fully saturated rings. The summed E-state index contributed by atoms with van der Waals surface area (Å²) in [5.74, 6) is 0.567. The number of nitrogens with zero attached hydrogens (tertiary/aromatic N) is 1. The molecule has 1 atom stereocenters. The third-order valence-electron chi connectivity index (χ3n) is 2.92. The minimum Gasteiger partial charge on any atom is -0.495 e. The normalized spacial score (nSPS) is 23.5. The van der Waals surface area contributed by atoms with E-state index < -0.39 is 12.0 Å². The summed E-state index contributed by atoms with van der Waals surface area (Å²) in [5, 5.41) is 0. The van der Waals surface area contributed by atoms with Crippen LogP contribution in [0, 0.1) is 0 Å². The summed E-state index contributed by atoms with van der Waals surface area (Å²) < 4.78 is 36.6. The van der Waals surface area contributed by atoms with Crippen molar-refractivity contribution in [3.8, 4) is 0 Å². The predicted molar refractivity (Wildman–Crippen MR) is 65.3 cm³/mol. The molecular weight excluding hydrogens is 308 g/mol. The first kappa shape index (κ1) is 13.4. The molecule has 1 aromatic rings. The number of rotatable bonds is 3. The van der Waals surface area contributed by atoms with Crippen LogP contribution >= 0.6 is 15.9 Å². The lowest BCUT2D eigenvalue weighted by Gasteiger charge is -2.24. The summed E-state index contributed by atoms with van der Waals surface area (Å²) in [6.07, 6.45) is -2.14. The number of pyridine rings is 1. The Labute approximate surface area is 112 Å². The van der Waals surface area contributed by atoms with Crippen LogP contribution in [0.5, 0.6) is 0 Å². The molecule has 2 heterocycles. The molecule has 1 aromatic heterocycles. The van der Waals surface area contributed by atoms with Gasteiger partial charge in [-0.15, -0.1) is 0 Å². The third kappa shape index (κ3) is 2.40. The lowest BCUT2D eigenvalue weighted by molar-refractivity contribution is -0.0243. The van der Waals surface area contributed by atoms with Crippen molar-refractivity contribution in [2.75, 3.05) is 13.7 Å². The van der Waals surface area contributed by atoms with Crippen LogP contribution in [0.2, 0.25) is 0 Å². The van der Waals surface area contributed by atoms with Crippen LogP contribution in [-0.4, -0.2) is 18.7 Å². The van der Waals surface area contributed by atoms with E-state index in [1.807, 2.05) is 0 Å². The molecule has 0 aliphatic carbocycles. The fourth-order valence-electron chi connectivity index (χ4n) is 1.92. The fraction of sp³-hybridized carbons (Fsp3) is 0.417. The summed E-state index contributed by atoms with van der Waals surface area (Å²) in [6, 6.07) is 2.64. The van der Waals surface area contributed by atoms with E-state index in [-0.39, 0.29) is 12.2 Å². The molecule has 0 bridgehead atoms. The summed E-state index contributed by atoms with van der Waals surface area (Å²) in [4.78, 5) is 4.21. The summed E-state index contributed by atoms with van der Waals surface area (Å²) in [6.45, 7) is 3.94. The average molecular weight is 320 g/mol. The molecule has 6 heteroatoms. The molecule has 0 spiro atoms. The third-order valence-corrected chi connectivity index (χ3v) is 3.32. The van der Waals surface area contributed by atoms with E-state index in [1.165, 1.54) is 19.2 Å². The average Bonchev–Trinajstić information content (AvgIpc) is 2.71. The number of hydrogen-bond donors (Lipinski definition) is 0. The molecule has 18 heavy (non-hydrogen) atoms. The molecule has 1 aliphatic rings.